The van der Waals surface area contributed by atoms with E-state index in [0.29, 0.717) is 37.0 Å². The Labute approximate surface area is 156 Å². The van der Waals surface area contributed by atoms with Crippen molar-refractivity contribution in [2.75, 3.05) is 0 Å². The van der Waals surface area contributed by atoms with E-state index in [9.17, 15) is 19.8 Å². The average Bonchev–Trinajstić information content (AvgIpc) is 2.84. The first-order valence-corrected chi connectivity index (χ1v) is 10.5. The lowest BCUT2D eigenvalue weighted by atomic mass is 9.41. The third-order valence-corrected chi connectivity index (χ3v) is 9.81. The minimum Gasteiger partial charge on any atom is -0.389 e. The Bertz CT molecular complexity index is 659. The molecule has 4 saturated carbocycles. The molecule has 0 bridgehead atoms. The Morgan fingerprint density at radius 3 is 2.31 bits per heavy atom. The number of hydrogen-bond donors (Lipinski definition) is 2. The summed E-state index contributed by atoms with van der Waals surface area (Å²) in [5.74, 6) is 1.32. The van der Waals surface area contributed by atoms with Crippen LogP contribution in [0.4, 0.5) is 0 Å². The number of Topliss-reactive ketones (excluding diaryl/α,β-unsaturated/α-hetero) is 2. The van der Waals surface area contributed by atoms with E-state index in [1.54, 1.807) is 0 Å². The zero-order valence-corrected chi connectivity index (χ0v) is 16.7. The maximum absolute atomic E-state index is 12.3. The van der Waals surface area contributed by atoms with Gasteiger partial charge in [0.1, 0.15) is 11.4 Å². The molecule has 4 aliphatic rings. The van der Waals surface area contributed by atoms with Crippen LogP contribution in [-0.4, -0.2) is 33.0 Å². The first-order chi connectivity index (χ1) is 12.0. The molecule has 0 radical (unpaired) electrons. The molecule has 4 heteroatoms. The minimum absolute atomic E-state index is 0.0753. The van der Waals surface area contributed by atoms with Crippen LogP contribution in [0, 0.1) is 34.5 Å². The summed E-state index contributed by atoms with van der Waals surface area (Å²) < 4.78 is 0. The molecule has 0 heterocycles. The van der Waals surface area contributed by atoms with Crippen molar-refractivity contribution in [2.24, 2.45) is 34.5 Å². The molecule has 26 heavy (non-hydrogen) atoms. The third-order valence-electron chi connectivity index (χ3n) is 9.81. The van der Waals surface area contributed by atoms with Gasteiger partial charge in [0.15, 0.2) is 5.78 Å². The number of fused-ring (bicyclic) bond motifs is 5. The van der Waals surface area contributed by atoms with Crippen LogP contribution in [0.5, 0.6) is 0 Å². The lowest BCUT2D eigenvalue weighted by Crippen LogP contribution is -2.66. The van der Waals surface area contributed by atoms with Crippen LogP contribution in [0.3, 0.4) is 0 Å². The normalized spacial score (nSPS) is 56.5. The highest BCUT2D eigenvalue weighted by Gasteiger charge is 2.69. The number of ketones is 2. The molecule has 0 aliphatic heterocycles. The molecular formula is C22H34O4. The molecule has 0 aromatic carbocycles. The second kappa shape index (κ2) is 5.41. The van der Waals surface area contributed by atoms with Gasteiger partial charge in [0.2, 0.25) is 0 Å². The highest BCUT2D eigenvalue weighted by Crippen LogP contribution is 2.69. The molecule has 8 atom stereocenters. The van der Waals surface area contributed by atoms with Crippen molar-refractivity contribution in [3.8, 4) is 0 Å². The number of rotatable bonds is 1. The monoisotopic (exact) mass is 362 g/mol. The zero-order chi connectivity index (χ0) is 19.1. The maximum atomic E-state index is 12.3. The van der Waals surface area contributed by atoms with Gasteiger partial charge in [0, 0.05) is 23.7 Å². The molecule has 2 N–H and O–H groups in total. The van der Waals surface area contributed by atoms with E-state index in [1.165, 1.54) is 6.92 Å². The second-order valence-electron chi connectivity index (χ2n) is 10.5. The lowest BCUT2D eigenvalue weighted by Gasteiger charge is -2.65. The van der Waals surface area contributed by atoms with Crippen LogP contribution in [0.25, 0.3) is 0 Å². The first kappa shape index (κ1) is 18.6. The van der Waals surface area contributed by atoms with Crippen LogP contribution in [-0.2, 0) is 9.59 Å². The molecular weight excluding hydrogens is 328 g/mol. The molecule has 2 unspecified atom stereocenters. The van der Waals surface area contributed by atoms with Gasteiger partial charge in [-0.1, -0.05) is 20.8 Å². The highest BCUT2D eigenvalue weighted by atomic mass is 16.3. The van der Waals surface area contributed by atoms with E-state index in [0.717, 1.165) is 32.1 Å². The predicted octanol–water partition coefficient (Wildman–Crippen LogP) is 3.28. The van der Waals surface area contributed by atoms with Crippen molar-refractivity contribution in [2.45, 2.75) is 90.3 Å². The van der Waals surface area contributed by atoms with E-state index >= 15 is 0 Å². The van der Waals surface area contributed by atoms with Crippen molar-refractivity contribution >= 4 is 11.6 Å². The van der Waals surface area contributed by atoms with Crippen molar-refractivity contribution in [3.63, 3.8) is 0 Å². The van der Waals surface area contributed by atoms with Gasteiger partial charge < -0.3 is 10.2 Å². The van der Waals surface area contributed by atoms with E-state index < -0.39 is 11.2 Å². The first-order valence-electron chi connectivity index (χ1n) is 10.5. The molecule has 0 spiro atoms. The Hall–Kier alpha value is -0.740. The number of carbonyl (C=O) groups is 2. The van der Waals surface area contributed by atoms with Gasteiger partial charge in [-0.15, -0.1) is 0 Å². The van der Waals surface area contributed by atoms with Crippen LogP contribution < -0.4 is 0 Å². The van der Waals surface area contributed by atoms with E-state index in [2.05, 4.69) is 20.8 Å². The summed E-state index contributed by atoms with van der Waals surface area (Å²) in [5, 5.41) is 22.8. The molecule has 0 aromatic rings. The summed E-state index contributed by atoms with van der Waals surface area (Å²) in [5.41, 5.74) is -2.67. The zero-order valence-electron chi connectivity index (χ0n) is 16.7. The molecule has 0 amide bonds. The van der Waals surface area contributed by atoms with Gasteiger partial charge >= 0.3 is 0 Å². The van der Waals surface area contributed by atoms with Gasteiger partial charge in [0.05, 0.1) is 5.60 Å². The highest BCUT2D eigenvalue weighted by molar-refractivity contribution is 5.86. The maximum Gasteiger partial charge on any atom is 0.161 e. The molecule has 0 saturated heterocycles. The summed E-state index contributed by atoms with van der Waals surface area (Å²) in [6.07, 6.45) is 5.79. The minimum atomic E-state index is -1.19. The Balaban J connectivity index is 1.73. The van der Waals surface area contributed by atoms with Gasteiger partial charge in [-0.25, -0.2) is 0 Å². The summed E-state index contributed by atoms with van der Waals surface area (Å²) in [6, 6.07) is 0. The Kier molecular flexibility index (Phi) is 3.87. The standard InChI is InChI=1S/C22H34O4/c1-13-11-16-17(20(4)8-5-15(24)12-22(13,20)26)6-9-19(3)18(16)7-10-21(19,25)14(2)23/h13,16-18,25-26H,5-12H2,1-4H3/t13?,16-,17+,18+,19+,20-,21+,22?/m1/s1. The van der Waals surface area contributed by atoms with Crippen molar-refractivity contribution in [1.29, 1.82) is 0 Å². The number of carbonyl (C=O) groups excluding carboxylic acids is 2. The van der Waals surface area contributed by atoms with Gasteiger partial charge in [-0.05, 0) is 69.1 Å². The van der Waals surface area contributed by atoms with Crippen LogP contribution in [0.1, 0.15) is 79.1 Å². The fourth-order valence-electron chi connectivity index (χ4n) is 8.05. The number of aliphatic hydroxyl groups is 2. The van der Waals surface area contributed by atoms with Crippen LogP contribution in [0.2, 0.25) is 0 Å². The summed E-state index contributed by atoms with van der Waals surface area (Å²) in [7, 11) is 0. The van der Waals surface area contributed by atoms with Crippen molar-refractivity contribution < 1.29 is 19.8 Å². The van der Waals surface area contributed by atoms with Gasteiger partial charge in [-0.2, -0.15) is 0 Å². The summed E-state index contributed by atoms with van der Waals surface area (Å²) >= 11 is 0. The molecule has 4 aliphatic carbocycles. The van der Waals surface area contributed by atoms with Gasteiger partial charge in [0.25, 0.3) is 0 Å². The van der Waals surface area contributed by atoms with Crippen molar-refractivity contribution in [3.05, 3.63) is 0 Å². The van der Waals surface area contributed by atoms with Gasteiger partial charge in [-0.3, -0.25) is 9.59 Å². The smallest absolute Gasteiger partial charge is 0.161 e. The fraction of sp³-hybridized carbons (Fsp3) is 0.909. The molecule has 4 nitrogen and oxygen atoms in total. The Morgan fingerprint density at radius 1 is 1.04 bits per heavy atom. The van der Waals surface area contributed by atoms with Crippen LogP contribution >= 0.6 is 0 Å². The molecule has 4 fully saturated rings. The molecule has 146 valence electrons. The SMILES string of the molecule is CC(=O)[C@@]1(O)CC[C@H]2[C@@H]3CC(C)C4(O)CC(=O)CC[C@]4(C)[C@H]3CC[C@@]21C. The summed E-state index contributed by atoms with van der Waals surface area (Å²) in [4.78, 5) is 24.4. The largest absolute Gasteiger partial charge is 0.389 e. The quantitative estimate of drug-likeness (QED) is 0.751. The third kappa shape index (κ3) is 1.98. The van der Waals surface area contributed by atoms with E-state index in [-0.39, 0.29) is 28.3 Å². The van der Waals surface area contributed by atoms with Crippen LogP contribution in [0.15, 0.2) is 0 Å². The topological polar surface area (TPSA) is 74.6 Å². The van der Waals surface area contributed by atoms with E-state index in [1.807, 2.05) is 0 Å². The summed E-state index contributed by atoms with van der Waals surface area (Å²) in [6.45, 7) is 7.98. The average molecular weight is 363 g/mol. The van der Waals surface area contributed by atoms with Crippen molar-refractivity contribution in [1.82, 2.24) is 0 Å². The molecule has 4 rings (SSSR count). The van der Waals surface area contributed by atoms with E-state index in [4.69, 9.17) is 0 Å². The second-order valence-corrected chi connectivity index (χ2v) is 10.5. The molecule has 0 aromatic heterocycles. The Morgan fingerprint density at radius 2 is 1.65 bits per heavy atom. The lowest BCUT2D eigenvalue weighted by molar-refractivity contribution is -0.232. The number of hydrogen-bond acceptors (Lipinski definition) is 4. The fourth-order valence-corrected chi connectivity index (χ4v) is 8.05. The predicted molar refractivity (Wildman–Crippen MR) is 98.4 cm³/mol.